The molecule has 0 saturated heterocycles. The Balaban J connectivity index is 3.54. The van der Waals surface area contributed by atoms with Crippen LogP contribution < -0.4 is 5.09 Å². The van der Waals surface area contributed by atoms with Gasteiger partial charge in [0.15, 0.2) is 0 Å². The maximum Gasteiger partial charge on any atom is 0.147 e. The van der Waals surface area contributed by atoms with Crippen molar-refractivity contribution < 1.29 is 4.79 Å². The van der Waals surface area contributed by atoms with E-state index in [0.717, 1.165) is 0 Å². The molecule has 0 fully saturated rings. The number of rotatable bonds is 5. The van der Waals surface area contributed by atoms with E-state index in [1.54, 1.807) is 6.92 Å². The Hall–Kier alpha value is 0.320. The Labute approximate surface area is 77.3 Å². The number of carbonyl (C=O) groups is 1. The average molecular weight is 207 g/mol. The molecule has 0 bridgehead atoms. The first-order valence-electron chi connectivity index (χ1n) is 2.93. The van der Waals surface area contributed by atoms with Crippen molar-refractivity contribution >= 4 is 36.8 Å². The summed E-state index contributed by atoms with van der Waals surface area (Å²) in [4.78, 5) is 10.8. The third-order valence-electron chi connectivity index (χ3n) is 1.03. The molecule has 1 N–H and O–H groups in total. The van der Waals surface area contributed by atoms with Crippen LogP contribution in [0.25, 0.3) is 0 Å². The first-order valence-corrected chi connectivity index (χ1v) is 5.82. The minimum atomic E-state index is -0.106. The fraction of sp³-hybridized carbons (Fsp3) is 0.500. The van der Waals surface area contributed by atoms with E-state index in [-0.39, 0.29) is 11.8 Å². The molecule has 0 aromatic carbocycles. The van der Waals surface area contributed by atoms with E-state index in [0.29, 0.717) is 5.75 Å². The molecule has 5 heteroatoms. The number of hydrogen-bond acceptors (Lipinski definition) is 4. The van der Waals surface area contributed by atoms with E-state index < -0.39 is 0 Å². The van der Waals surface area contributed by atoms with E-state index in [2.05, 4.69) is 19.7 Å². The lowest BCUT2D eigenvalue weighted by molar-refractivity contribution is -0.118. The Morgan fingerprint density at radius 1 is 1.91 bits per heavy atom. The number of terminal acetylenes is 1. The highest BCUT2D eigenvalue weighted by Gasteiger charge is 2.10. The number of carbonyl (C=O) groups excluding carboxylic acids is 1. The van der Waals surface area contributed by atoms with Crippen LogP contribution in [0.2, 0.25) is 0 Å². The molecule has 0 aromatic heterocycles. The number of ketones is 1. The first kappa shape index (κ1) is 11.3. The van der Waals surface area contributed by atoms with Gasteiger partial charge in [-0.2, -0.15) is 0 Å². The normalized spacial score (nSPS) is 12.1. The molecule has 0 aromatic rings. The van der Waals surface area contributed by atoms with E-state index in [1.807, 2.05) is 0 Å². The molecule has 0 spiro atoms. The summed E-state index contributed by atoms with van der Waals surface area (Å²) < 4.78 is 0. The van der Waals surface area contributed by atoms with Crippen LogP contribution in [0, 0.1) is 11.7 Å². The zero-order chi connectivity index (χ0) is 8.69. The summed E-state index contributed by atoms with van der Waals surface area (Å²) >= 11 is 0. The SMILES string of the molecule is C#CSSCC(NP)C(C)=O. The number of nitrogens with one attached hydrogen (secondary N) is 1. The van der Waals surface area contributed by atoms with Crippen LogP contribution in [-0.2, 0) is 4.79 Å². The zero-order valence-corrected chi connectivity index (χ0v) is 8.95. The topological polar surface area (TPSA) is 29.1 Å². The summed E-state index contributed by atoms with van der Waals surface area (Å²) in [7, 11) is 5.14. The van der Waals surface area contributed by atoms with Gasteiger partial charge in [0.25, 0.3) is 0 Å². The molecule has 0 heterocycles. The molecule has 0 rings (SSSR count). The Bertz CT molecular complexity index is 168. The molecule has 62 valence electrons. The van der Waals surface area contributed by atoms with Crippen molar-refractivity contribution in [1.82, 2.24) is 5.09 Å². The van der Waals surface area contributed by atoms with Gasteiger partial charge >= 0.3 is 0 Å². The maximum absolute atomic E-state index is 10.8. The van der Waals surface area contributed by atoms with Crippen LogP contribution >= 0.6 is 31.0 Å². The van der Waals surface area contributed by atoms with Crippen molar-refractivity contribution in [2.45, 2.75) is 13.0 Å². The molecule has 2 nitrogen and oxygen atoms in total. The highest BCUT2D eigenvalue weighted by Crippen LogP contribution is 2.20. The molecule has 0 amide bonds. The van der Waals surface area contributed by atoms with Crippen molar-refractivity contribution in [2.24, 2.45) is 0 Å². The molecule has 2 unspecified atom stereocenters. The van der Waals surface area contributed by atoms with Gasteiger partial charge in [-0.1, -0.05) is 20.2 Å². The van der Waals surface area contributed by atoms with Gasteiger partial charge in [-0.15, -0.1) is 6.42 Å². The second-order valence-corrected chi connectivity index (χ2v) is 4.33. The summed E-state index contributed by atoms with van der Waals surface area (Å²) in [5.74, 6) is 0.832. The number of hydrogen-bond donors (Lipinski definition) is 1. The van der Waals surface area contributed by atoms with Crippen molar-refractivity contribution in [3.8, 4) is 11.7 Å². The van der Waals surface area contributed by atoms with Gasteiger partial charge in [0, 0.05) is 5.75 Å². The standard InChI is InChI=1S/C6H10NOPS2/c1-3-10-11-4-6(7-9)5(2)8/h1,6-7H,4,9H2,2H3. The molecular formula is C6H10NOPS2. The van der Waals surface area contributed by atoms with Crippen molar-refractivity contribution in [2.75, 3.05) is 5.75 Å². The number of Topliss-reactive ketones (excluding diaryl/α,β-unsaturated/α-hetero) is 1. The van der Waals surface area contributed by atoms with Gasteiger partial charge in [-0.05, 0) is 23.0 Å². The summed E-state index contributed by atoms with van der Waals surface area (Å²) in [5, 5.41) is 5.24. The molecule has 0 aliphatic heterocycles. The Morgan fingerprint density at radius 3 is 2.91 bits per heavy atom. The molecular weight excluding hydrogens is 197 g/mol. The molecule has 0 aliphatic rings. The van der Waals surface area contributed by atoms with E-state index in [4.69, 9.17) is 6.42 Å². The molecule has 0 radical (unpaired) electrons. The van der Waals surface area contributed by atoms with E-state index in [1.165, 1.54) is 21.6 Å². The van der Waals surface area contributed by atoms with Crippen molar-refractivity contribution in [3.63, 3.8) is 0 Å². The van der Waals surface area contributed by atoms with Gasteiger partial charge in [-0.3, -0.25) is 9.88 Å². The minimum absolute atomic E-state index is 0.106. The summed E-state index contributed by atoms with van der Waals surface area (Å²) in [6.45, 7) is 1.56. The van der Waals surface area contributed by atoms with Crippen molar-refractivity contribution in [3.05, 3.63) is 0 Å². The second-order valence-electron chi connectivity index (χ2n) is 1.82. The smallest absolute Gasteiger partial charge is 0.147 e. The predicted octanol–water partition coefficient (Wildman–Crippen LogP) is 1.30. The lowest BCUT2D eigenvalue weighted by Crippen LogP contribution is -2.30. The average Bonchev–Trinajstić information content (AvgIpc) is 1.97. The second kappa shape index (κ2) is 7.00. The lowest BCUT2D eigenvalue weighted by atomic mass is 10.3. The zero-order valence-electron chi connectivity index (χ0n) is 6.16. The lowest BCUT2D eigenvalue weighted by Gasteiger charge is -2.09. The Kier molecular flexibility index (Phi) is 7.20. The van der Waals surface area contributed by atoms with Gasteiger partial charge < -0.3 is 0 Å². The largest absolute Gasteiger partial charge is 0.298 e. The van der Waals surface area contributed by atoms with E-state index >= 15 is 0 Å². The molecule has 2 atom stereocenters. The first-order chi connectivity index (χ1) is 5.22. The van der Waals surface area contributed by atoms with Crippen molar-refractivity contribution in [1.29, 1.82) is 0 Å². The van der Waals surface area contributed by atoms with Crippen LogP contribution in [0.1, 0.15) is 6.92 Å². The predicted molar refractivity (Wildman–Crippen MR) is 56.2 cm³/mol. The Morgan fingerprint density at radius 2 is 2.55 bits per heavy atom. The maximum atomic E-state index is 10.8. The molecule has 11 heavy (non-hydrogen) atoms. The van der Waals surface area contributed by atoms with E-state index in [9.17, 15) is 4.79 Å². The summed E-state index contributed by atoms with van der Waals surface area (Å²) in [6, 6.07) is -0.106. The fourth-order valence-corrected chi connectivity index (χ4v) is 2.36. The molecule has 0 saturated carbocycles. The van der Waals surface area contributed by atoms with Crippen LogP contribution in [0.15, 0.2) is 0 Å². The third kappa shape index (κ3) is 5.57. The quantitative estimate of drug-likeness (QED) is 0.318. The summed E-state index contributed by atoms with van der Waals surface area (Å²) in [6.07, 6.45) is 5.01. The fourth-order valence-electron chi connectivity index (χ4n) is 0.419. The monoisotopic (exact) mass is 207 g/mol. The third-order valence-corrected chi connectivity index (χ3v) is 3.17. The highest BCUT2D eigenvalue weighted by atomic mass is 33.1. The van der Waals surface area contributed by atoms with Crippen LogP contribution in [0.5, 0.6) is 0 Å². The van der Waals surface area contributed by atoms with Gasteiger partial charge in [0.1, 0.15) is 5.78 Å². The van der Waals surface area contributed by atoms with Gasteiger partial charge in [0.05, 0.1) is 6.04 Å². The van der Waals surface area contributed by atoms with Gasteiger partial charge in [0.2, 0.25) is 0 Å². The van der Waals surface area contributed by atoms with Crippen LogP contribution in [0.3, 0.4) is 0 Å². The molecule has 0 aliphatic carbocycles. The summed E-state index contributed by atoms with van der Waals surface area (Å²) in [5.41, 5.74) is 0. The van der Waals surface area contributed by atoms with Crippen LogP contribution in [0.4, 0.5) is 0 Å². The highest BCUT2D eigenvalue weighted by molar-refractivity contribution is 8.78. The van der Waals surface area contributed by atoms with Crippen LogP contribution in [-0.4, -0.2) is 17.6 Å². The van der Waals surface area contributed by atoms with Gasteiger partial charge in [-0.25, -0.2) is 0 Å². The minimum Gasteiger partial charge on any atom is -0.298 e.